The van der Waals surface area contributed by atoms with Gasteiger partial charge in [0.05, 0.1) is 18.9 Å². The third kappa shape index (κ3) is 3.65. The molecule has 4 nitrogen and oxygen atoms in total. The number of hydrogen-bond acceptors (Lipinski definition) is 4. The lowest BCUT2D eigenvalue weighted by molar-refractivity contribution is 0.207. The number of hydrogen-bond donors (Lipinski definition) is 1. The van der Waals surface area contributed by atoms with Crippen LogP contribution in [-0.4, -0.2) is 31.6 Å². The van der Waals surface area contributed by atoms with Crippen molar-refractivity contribution in [2.24, 2.45) is 5.73 Å². The van der Waals surface area contributed by atoms with E-state index in [0.29, 0.717) is 0 Å². The molecule has 86 valence electrons. The van der Waals surface area contributed by atoms with Crippen LogP contribution in [0.4, 0.5) is 4.39 Å². The molecule has 0 amide bonds. The van der Waals surface area contributed by atoms with Crippen LogP contribution in [0.5, 0.6) is 0 Å². The van der Waals surface area contributed by atoms with E-state index in [-0.39, 0.29) is 13.2 Å². The summed E-state index contributed by atoms with van der Waals surface area (Å²) in [5, 5.41) is 0. The molecule has 0 rings (SSSR count). The minimum Gasteiger partial charge on any atom is -0.325 e. The van der Waals surface area contributed by atoms with Crippen LogP contribution < -0.4 is 5.73 Å². The lowest BCUT2D eigenvalue weighted by Crippen LogP contribution is -2.35. The van der Waals surface area contributed by atoms with E-state index in [1.165, 1.54) is 0 Å². The first-order valence-corrected chi connectivity index (χ1v) is 6.33. The maximum Gasteiger partial charge on any atom is 0.335 e. The number of halogens is 1. The smallest absolute Gasteiger partial charge is 0.325 e. The van der Waals surface area contributed by atoms with Crippen molar-refractivity contribution in [2.45, 2.75) is 32.5 Å². The zero-order valence-corrected chi connectivity index (χ0v) is 9.80. The van der Waals surface area contributed by atoms with Crippen molar-refractivity contribution in [3.63, 3.8) is 0 Å². The largest absolute Gasteiger partial charge is 0.335 e. The molecular weight excluding hydrogens is 208 g/mol. The minimum absolute atomic E-state index is 0.265. The molecule has 0 aromatic rings. The molecule has 0 radical (unpaired) electrons. The third-order valence-electron chi connectivity index (χ3n) is 1.91. The average molecular weight is 227 g/mol. The number of rotatable bonds is 7. The van der Waals surface area contributed by atoms with E-state index in [4.69, 9.17) is 14.8 Å². The van der Waals surface area contributed by atoms with Crippen molar-refractivity contribution in [1.29, 1.82) is 0 Å². The van der Waals surface area contributed by atoms with Crippen molar-refractivity contribution in [2.75, 3.05) is 19.9 Å². The standard InChI is InChI=1S/C8H19FNO3P/c1-4-12-14(11,13-5-2)7(3)8(10)6-9/h7-8H,4-6,10H2,1-3H3/t7-,8-/m1/s1. The summed E-state index contributed by atoms with van der Waals surface area (Å²) >= 11 is 0. The summed E-state index contributed by atoms with van der Waals surface area (Å²) in [4.78, 5) is 0. The highest BCUT2D eigenvalue weighted by atomic mass is 31.2. The van der Waals surface area contributed by atoms with Crippen LogP contribution in [0.25, 0.3) is 0 Å². The molecule has 2 N–H and O–H groups in total. The van der Waals surface area contributed by atoms with Crippen LogP contribution >= 0.6 is 7.60 Å². The van der Waals surface area contributed by atoms with Gasteiger partial charge in [0.25, 0.3) is 0 Å². The van der Waals surface area contributed by atoms with E-state index >= 15 is 0 Å². The highest BCUT2D eigenvalue weighted by Gasteiger charge is 2.35. The topological polar surface area (TPSA) is 61.5 Å². The predicted octanol–water partition coefficient (Wildman–Crippen LogP) is 1.94. The number of nitrogens with two attached hydrogens (primary N) is 1. The highest BCUT2D eigenvalue weighted by molar-refractivity contribution is 7.54. The Labute approximate surface area is 84.5 Å². The molecule has 2 atom stereocenters. The zero-order chi connectivity index (χ0) is 11.2. The fourth-order valence-corrected chi connectivity index (χ4v) is 2.81. The average Bonchev–Trinajstić information content (AvgIpc) is 2.16. The SMILES string of the molecule is CCOP(=O)(OCC)[C@H](C)[C@H](N)CF. The molecule has 0 bridgehead atoms. The van der Waals surface area contributed by atoms with Gasteiger partial charge in [-0.3, -0.25) is 4.57 Å². The monoisotopic (exact) mass is 227 g/mol. The zero-order valence-electron chi connectivity index (χ0n) is 8.90. The minimum atomic E-state index is -3.25. The molecule has 0 aliphatic rings. The molecule has 0 fully saturated rings. The van der Waals surface area contributed by atoms with Crippen LogP contribution in [0, 0.1) is 0 Å². The fourth-order valence-electron chi connectivity index (χ4n) is 0.996. The summed E-state index contributed by atoms with van der Waals surface area (Å²) in [5.41, 5.74) is 4.84. The van der Waals surface area contributed by atoms with E-state index in [0.717, 1.165) is 0 Å². The lowest BCUT2D eigenvalue weighted by atomic mass is 10.3. The van der Waals surface area contributed by atoms with Crippen molar-refractivity contribution >= 4 is 7.60 Å². The molecular formula is C8H19FNO3P. The molecule has 0 aromatic heterocycles. The first-order chi connectivity index (χ1) is 6.51. The van der Waals surface area contributed by atoms with Gasteiger partial charge in [-0.25, -0.2) is 4.39 Å². The summed E-state index contributed by atoms with van der Waals surface area (Å²) in [6.07, 6.45) is 0. The van der Waals surface area contributed by atoms with Crippen molar-refractivity contribution in [3.05, 3.63) is 0 Å². The summed E-state index contributed by atoms with van der Waals surface area (Å²) in [6.45, 7) is 4.79. The summed E-state index contributed by atoms with van der Waals surface area (Å²) in [6, 6.07) is -0.807. The Morgan fingerprint density at radius 3 is 2.07 bits per heavy atom. The van der Waals surface area contributed by atoms with Gasteiger partial charge in [-0.05, 0) is 20.8 Å². The molecule has 0 saturated heterocycles. The molecule has 0 aliphatic heterocycles. The molecule has 0 aromatic carbocycles. The molecule has 0 spiro atoms. The van der Waals surface area contributed by atoms with Crippen LogP contribution in [0.2, 0.25) is 0 Å². The van der Waals surface area contributed by atoms with E-state index in [2.05, 4.69) is 0 Å². The van der Waals surface area contributed by atoms with E-state index < -0.39 is 26.0 Å². The van der Waals surface area contributed by atoms with Gasteiger partial charge in [0.2, 0.25) is 0 Å². The lowest BCUT2D eigenvalue weighted by Gasteiger charge is -2.26. The Kier molecular flexibility index (Phi) is 6.53. The molecule has 0 saturated carbocycles. The number of alkyl halides is 1. The molecule has 0 aliphatic carbocycles. The van der Waals surface area contributed by atoms with Gasteiger partial charge in [0.15, 0.2) is 0 Å². The maximum absolute atomic E-state index is 12.3. The van der Waals surface area contributed by atoms with Crippen LogP contribution in [-0.2, 0) is 13.6 Å². The second-order valence-corrected chi connectivity index (χ2v) is 5.34. The van der Waals surface area contributed by atoms with Gasteiger partial charge in [0.1, 0.15) is 6.67 Å². The van der Waals surface area contributed by atoms with Crippen molar-refractivity contribution in [1.82, 2.24) is 0 Å². The Morgan fingerprint density at radius 1 is 1.36 bits per heavy atom. The van der Waals surface area contributed by atoms with Gasteiger partial charge in [-0.2, -0.15) is 0 Å². The van der Waals surface area contributed by atoms with Crippen molar-refractivity contribution < 1.29 is 18.0 Å². The quantitative estimate of drug-likeness (QED) is 0.675. The Balaban J connectivity index is 4.54. The van der Waals surface area contributed by atoms with E-state index in [1.54, 1.807) is 20.8 Å². The van der Waals surface area contributed by atoms with Gasteiger partial charge in [-0.15, -0.1) is 0 Å². The van der Waals surface area contributed by atoms with Gasteiger partial charge >= 0.3 is 7.60 Å². The normalized spacial score (nSPS) is 16.6. The second kappa shape index (κ2) is 6.51. The highest BCUT2D eigenvalue weighted by Crippen LogP contribution is 2.53. The van der Waals surface area contributed by atoms with Crippen LogP contribution in [0.1, 0.15) is 20.8 Å². The van der Waals surface area contributed by atoms with Crippen LogP contribution in [0.15, 0.2) is 0 Å². The second-order valence-electron chi connectivity index (χ2n) is 2.93. The Hall–Kier alpha value is 0.0400. The van der Waals surface area contributed by atoms with E-state index in [9.17, 15) is 8.96 Å². The molecule has 0 unspecified atom stereocenters. The third-order valence-corrected chi connectivity index (χ3v) is 4.53. The molecule has 6 heteroatoms. The Morgan fingerprint density at radius 2 is 1.79 bits per heavy atom. The van der Waals surface area contributed by atoms with Crippen LogP contribution in [0.3, 0.4) is 0 Å². The Bertz CT molecular complexity index is 193. The molecule has 0 heterocycles. The molecule has 14 heavy (non-hydrogen) atoms. The first kappa shape index (κ1) is 14.0. The van der Waals surface area contributed by atoms with Gasteiger partial charge < -0.3 is 14.8 Å². The van der Waals surface area contributed by atoms with Crippen molar-refractivity contribution in [3.8, 4) is 0 Å². The predicted molar refractivity (Wildman–Crippen MR) is 54.3 cm³/mol. The summed E-state index contributed by atoms with van der Waals surface area (Å²) < 4.78 is 34.4. The fraction of sp³-hybridized carbons (Fsp3) is 1.00. The van der Waals surface area contributed by atoms with Gasteiger partial charge in [0, 0.05) is 6.04 Å². The van der Waals surface area contributed by atoms with E-state index in [1.807, 2.05) is 0 Å². The van der Waals surface area contributed by atoms with Gasteiger partial charge in [-0.1, -0.05) is 0 Å². The maximum atomic E-state index is 12.3. The summed E-state index contributed by atoms with van der Waals surface area (Å²) in [5.74, 6) is 0. The summed E-state index contributed by atoms with van der Waals surface area (Å²) in [7, 11) is -3.25. The first-order valence-electron chi connectivity index (χ1n) is 4.72.